The van der Waals surface area contributed by atoms with E-state index in [0.717, 1.165) is 0 Å². The van der Waals surface area contributed by atoms with Gasteiger partial charge >= 0.3 is 0 Å². The van der Waals surface area contributed by atoms with E-state index in [-0.39, 0.29) is 24.4 Å². The summed E-state index contributed by atoms with van der Waals surface area (Å²) < 4.78 is 28.6. The summed E-state index contributed by atoms with van der Waals surface area (Å²) in [5.41, 5.74) is 6.19. The first-order valence-corrected chi connectivity index (χ1v) is 6.36. The molecule has 0 aromatic heterocycles. The molecule has 6 nitrogen and oxygen atoms in total. The van der Waals surface area contributed by atoms with E-state index in [0.29, 0.717) is 6.61 Å². The van der Waals surface area contributed by atoms with Crippen molar-refractivity contribution in [2.45, 2.75) is 69.9 Å². The molecule has 0 spiro atoms. The quantitative estimate of drug-likeness (QED) is 0.732. The smallest absolute Gasteiger partial charge is 0.189 e. The predicted octanol–water partition coefficient (Wildman–Crippen LogP) is 0.342. The molecule has 0 radical (unpaired) electrons. The summed E-state index contributed by atoms with van der Waals surface area (Å²) in [7, 11) is 0. The molecule has 18 heavy (non-hydrogen) atoms. The van der Waals surface area contributed by atoms with E-state index >= 15 is 0 Å². The molecule has 3 heterocycles. The fourth-order valence-electron chi connectivity index (χ4n) is 2.77. The minimum absolute atomic E-state index is 0.170. The van der Waals surface area contributed by atoms with Gasteiger partial charge in [0.15, 0.2) is 17.9 Å². The van der Waals surface area contributed by atoms with Crippen molar-refractivity contribution in [2.75, 3.05) is 6.61 Å². The van der Waals surface area contributed by atoms with Crippen LogP contribution >= 0.6 is 0 Å². The molecule has 3 aliphatic heterocycles. The molecule has 3 rings (SSSR count). The minimum Gasteiger partial charge on any atom is -0.348 e. The molecule has 3 fully saturated rings. The molecule has 6 heteroatoms. The molecule has 0 amide bonds. The van der Waals surface area contributed by atoms with Gasteiger partial charge in [0.2, 0.25) is 0 Å². The van der Waals surface area contributed by atoms with Gasteiger partial charge in [-0.25, -0.2) is 0 Å². The molecule has 0 aromatic rings. The van der Waals surface area contributed by atoms with Crippen LogP contribution in [0.4, 0.5) is 0 Å². The lowest BCUT2D eigenvalue weighted by molar-refractivity contribution is -0.222. The van der Waals surface area contributed by atoms with E-state index in [1.807, 2.05) is 27.7 Å². The molecule has 1 unspecified atom stereocenters. The monoisotopic (exact) mass is 259 g/mol. The molecule has 0 saturated carbocycles. The maximum Gasteiger partial charge on any atom is 0.189 e. The Morgan fingerprint density at radius 3 is 2.22 bits per heavy atom. The first-order chi connectivity index (χ1) is 8.27. The number of rotatable bonds is 1. The van der Waals surface area contributed by atoms with E-state index < -0.39 is 17.9 Å². The summed E-state index contributed by atoms with van der Waals surface area (Å²) in [6.07, 6.45) is -1.07. The normalized spacial score (nSPS) is 49.5. The highest BCUT2D eigenvalue weighted by atomic mass is 16.8. The Balaban J connectivity index is 1.68. The maximum atomic E-state index is 6.19. The van der Waals surface area contributed by atoms with E-state index in [4.69, 9.17) is 29.4 Å². The zero-order valence-electron chi connectivity index (χ0n) is 11.2. The third-order valence-electron chi connectivity index (χ3n) is 3.53. The molecule has 3 aliphatic rings. The Bertz CT molecular complexity index is 345. The third-order valence-corrected chi connectivity index (χ3v) is 3.53. The highest BCUT2D eigenvalue weighted by Gasteiger charge is 2.56. The standard InChI is InChI=1S/C12H21NO5/c1-11(2)14-5-6(16-11)8-7(13)9-10(15-8)18-12(3,4)17-9/h6-10H,5,13H2,1-4H3/t6?,7-,8+,9+,10+/m0/s1. The van der Waals surface area contributed by atoms with Crippen molar-refractivity contribution in [1.82, 2.24) is 0 Å². The van der Waals surface area contributed by atoms with Crippen LogP contribution in [-0.4, -0.2) is 48.8 Å². The summed E-state index contributed by atoms with van der Waals surface area (Å²) in [5, 5.41) is 0. The van der Waals surface area contributed by atoms with Crippen LogP contribution in [0.15, 0.2) is 0 Å². The van der Waals surface area contributed by atoms with Crippen LogP contribution < -0.4 is 5.73 Å². The molecule has 0 aromatic carbocycles. The van der Waals surface area contributed by atoms with E-state index in [9.17, 15) is 0 Å². The molecule has 5 atom stereocenters. The molecule has 0 aliphatic carbocycles. The first kappa shape index (κ1) is 12.8. The number of ether oxygens (including phenoxy) is 5. The Hall–Kier alpha value is -0.240. The third kappa shape index (κ3) is 2.07. The lowest BCUT2D eigenvalue weighted by Crippen LogP contribution is -2.47. The fourth-order valence-corrected chi connectivity index (χ4v) is 2.77. The van der Waals surface area contributed by atoms with Crippen LogP contribution in [0.3, 0.4) is 0 Å². The fraction of sp³-hybridized carbons (Fsp3) is 1.00. The van der Waals surface area contributed by atoms with E-state index in [1.54, 1.807) is 0 Å². The summed E-state index contributed by atoms with van der Waals surface area (Å²) in [5.74, 6) is -1.21. The average molecular weight is 259 g/mol. The molecular weight excluding hydrogens is 238 g/mol. The Labute approximate surface area is 107 Å². The summed E-state index contributed by atoms with van der Waals surface area (Å²) >= 11 is 0. The number of hydrogen-bond acceptors (Lipinski definition) is 6. The van der Waals surface area contributed by atoms with Crippen LogP contribution in [0.1, 0.15) is 27.7 Å². The molecule has 3 saturated heterocycles. The van der Waals surface area contributed by atoms with Gasteiger partial charge < -0.3 is 29.4 Å². The molecule has 0 bridgehead atoms. The van der Waals surface area contributed by atoms with Gasteiger partial charge in [-0.1, -0.05) is 0 Å². The van der Waals surface area contributed by atoms with Gasteiger partial charge in [0.1, 0.15) is 18.3 Å². The van der Waals surface area contributed by atoms with Crippen molar-refractivity contribution in [3.05, 3.63) is 0 Å². The van der Waals surface area contributed by atoms with E-state index in [2.05, 4.69) is 0 Å². The summed E-state index contributed by atoms with van der Waals surface area (Å²) in [6.45, 7) is 7.95. The van der Waals surface area contributed by atoms with Gasteiger partial charge in [-0.3, -0.25) is 0 Å². The van der Waals surface area contributed by atoms with Crippen molar-refractivity contribution in [3.8, 4) is 0 Å². The van der Waals surface area contributed by atoms with Crippen LogP contribution in [0.5, 0.6) is 0 Å². The van der Waals surface area contributed by atoms with Crippen LogP contribution in [-0.2, 0) is 23.7 Å². The van der Waals surface area contributed by atoms with E-state index in [1.165, 1.54) is 0 Å². The minimum atomic E-state index is -0.635. The Morgan fingerprint density at radius 2 is 1.67 bits per heavy atom. The van der Waals surface area contributed by atoms with Gasteiger partial charge in [0.05, 0.1) is 12.6 Å². The number of hydrogen-bond donors (Lipinski definition) is 1. The highest BCUT2D eigenvalue weighted by Crippen LogP contribution is 2.39. The lowest BCUT2D eigenvalue weighted by atomic mass is 10.0. The van der Waals surface area contributed by atoms with Gasteiger partial charge in [-0.2, -0.15) is 0 Å². The maximum absolute atomic E-state index is 6.19. The first-order valence-electron chi connectivity index (χ1n) is 6.36. The molecule has 2 N–H and O–H groups in total. The second-order valence-electron chi connectivity index (χ2n) is 6.01. The van der Waals surface area contributed by atoms with Crippen LogP contribution in [0.25, 0.3) is 0 Å². The predicted molar refractivity (Wildman–Crippen MR) is 61.6 cm³/mol. The van der Waals surface area contributed by atoms with Crippen molar-refractivity contribution < 1.29 is 23.7 Å². The van der Waals surface area contributed by atoms with Crippen molar-refractivity contribution in [1.29, 1.82) is 0 Å². The van der Waals surface area contributed by atoms with Crippen molar-refractivity contribution in [3.63, 3.8) is 0 Å². The summed E-state index contributed by atoms with van der Waals surface area (Å²) in [4.78, 5) is 0. The lowest BCUT2D eigenvalue weighted by Gasteiger charge is -2.26. The van der Waals surface area contributed by atoms with Crippen molar-refractivity contribution >= 4 is 0 Å². The number of nitrogens with two attached hydrogens (primary N) is 1. The van der Waals surface area contributed by atoms with Gasteiger partial charge in [-0.15, -0.1) is 0 Å². The van der Waals surface area contributed by atoms with Crippen molar-refractivity contribution in [2.24, 2.45) is 5.73 Å². The largest absolute Gasteiger partial charge is 0.348 e. The van der Waals surface area contributed by atoms with Gasteiger partial charge in [-0.05, 0) is 27.7 Å². The summed E-state index contributed by atoms with van der Waals surface area (Å²) in [6, 6.07) is -0.265. The topological polar surface area (TPSA) is 72.2 Å². The Kier molecular flexibility index (Phi) is 2.75. The average Bonchev–Trinajstić information content (AvgIpc) is 2.81. The zero-order valence-corrected chi connectivity index (χ0v) is 11.2. The van der Waals surface area contributed by atoms with Gasteiger partial charge in [0, 0.05) is 0 Å². The van der Waals surface area contributed by atoms with Crippen LogP contribution in [0.2, 0.25) is 0 Å². The molecule has 104 valence electrons. The van der Waals surface area contributed by atoms with Gasteiger partial charge in [0.25, 0.3) is 0 Å². The van der Waals surface area contributed by atoms with Crippen LogP contribution in [0, 0.1) is 0 Å². The molecular formula is C12H21NO5. The zero-order chi connectivity index (χ0) is 13.1. The Morgan fingerprint density at radius 1 is 0.944 bits per heavy atom. The SMILES string of the molecule is CC1(C)OCC([C@H]2O[C@@H]3OC(C)(C)O[C@@H]3[C@H]2N)O1. The second kappa shape index (κ2) is 3.88. The second-order valence-corrected chi connectivity index (χ2v) is 6.01. The number of fused-ring (bicyclic) bond motifs is 1. The highest BCUT2D eigenvalue weighted by molar-refractivity contribution is 4.99.